The van der Waals surface area contributed by atoms with Crippen molar-refractivity contribution in [3.05, 3.63) is 89.0 Å². The third-order valence-electron chi connectivity index (χ3n) is 6.22. The van der Waals surface area contributed by atoms with E-state index < -0.39 is 5.97 Å². The standard InChI is InChI=1S/C29H25NO4S/c1-4-19-12-13-25(33-16-18-8-7-9-20(14-18)35-3)26-22(29(31)32)15-23(30-27(19)26)28-17(2)21-10-5-6-11-24(21)34-28/h5-15H,4,16H2,1-3H3,(H,31,32). The highest BCUT2D eigenvalue weighted by atomic mass is 32.2. The molecular formula is C29H25NO4S. The van der Waals surface area contributed by atoms with Gasteiger partial charge in [0.2, 0.25) is 0 Å². The number of fused-ring (bicyclic) bond motifs is 2. The quantitative estimate of drug-likeness (QED) is 0.241. The second-order valence-electron chi connectivity index (χ2n) is 8.35. The minimum atomic E-state index is -1.03. The Morgan fingerprint density at radius 3 is 2.66 bits per heavy atom. The number of thioether (sulfide) groups is 1. The molecule has 2 aromatic heterocycles. The van der Waals surface area contributed by atoms with Gasteiger partial charge in [-0.15, -0.1) is 11.8 Å². The van der Waals surface area contributed by atoms with Gasteiger partial charge in [0.25, 0.3) is 0 Å². The van der Waals surface area contributed by atoms with Crippen LogP contribution in [0.4, 0.5) is 0 Å². The summed E-state index contributed by atoms with van der Waals surface area (Å²) >= 11 is 1.67. The summed E-state index contributed by atoms with van der Waals surface area (Å²) in [6.07, 6.45) is 2.74. The van der Waals surface area contributed by atoms with Crippen LogP contribution >= 0.6 is 11.8 Å². The lowest BCUT2D eigenvalue weighted by Gasteiger charge is -2.15. The Hall–Kier alpha value is -3.77. The fourth-order valence-corrected chi connectivity index (χ4v) is 4.88. The molecule has 0 aliphatic heterocycles. The van der Waals surface area contributed by atoms with Crippen LogP contribution in [0.1, 0.15) is 34.0 Å². The van der Waals surface area contributed by atoms with Crippen molar-refractivity contribution >= 4 is 39.6 Å². The second kappa shape index (κ2) is 9.47. The van der Waals surface area contributed by atoms with Crippen LogP contribution in [0, 0.1) is 6.92 Å². The number of aryl methyl sites for hydroxylation is 2. The average molecular weight is 484 g/mol. The van der Waals surface area contributed by atoms with Crippen LogP contribution in [-0.4, -0.2) is 22.3 Å². The number of para-hydroxylation sites is 1. The summed E-state index contributed by atoms with van der Waals surface area (Å²) in [5.41, 5.74) is 4.93. The van der Waals surface area contributed by atoms with Gasteiger partial charge in [0, 0.05) is 15.8 Å². The van der Waals surface area contributed by atoms with Gasteiger partial charge in [-0.3, -0.25) is 0 Å². The number of ether oxygens (including phenoxy) is 1. The molecule has 1 N–H and O–H groups in total. The normalized spacial score (nSPS) is 11.3. The van der Waals surface area contributed by atoms with Crippen molar-refractivity contribution in [2.45, 2.75) is 31.8 Å². The van der Waals surface area contributed by atoms with Crippen LogP contribution in [0.25, 0.3) is 33.3 Å². The van der Waals surface area contributed by atoms with Gasteiger partial charge < -0.3 is 14.3 Å². The zero-order valence-electron chi connectivity index (χ0n) is 19.8. The highest BCUT2D eigenvalue weighted by Gasteiger charge is 2.22. The maximum atomic E-state index is 12.4. The molecule has 0 saturated heterocycles. The number of hydrogen-bond acceptors (Lipinski definition) is 5. The number of rotatable bonds is 7. The van der Waals surface area contributed by atoms with Crippen LogP contribution in [0.2, 0.25) is 0 Å². The largest absolute Gasteiger partial charge is 0.488 e. The van der Waals surface area contributed by atoms with Crippen LogP contribution in [0.5, 0.6) is 5.75 Å². The summed E-state index contributed by atoms with van der Waals surface area (Å²) in [5, 5.41) is 11.7. The van der Waals surface area contributed by atoms with Gasteiger partial charge in [0.1, 0.15) is 23.6 Å². The molecule has 0 amide bonds. The fraction of sp³-hybridized carbons (Fsp3) is 0.172. The number of aromatic nitrogens is 1. The minimum Gasteiger partial charge on any atom is -0.488 e. The third kappa shape index (κ3) is 4.26. The molecular weight excluding hydrogens is 458 g/mol. The molecule has 0 aliphatic carbocycles. The average Bonchev–Trinajstić information content (AvgIpc) is 3.23. The van der Waals surface area contributed by atoms with E-state index in [0.717, 1.165) is 32.6 Å². The molecule has 0 spiro atoms. The minimum absolute atomic E-state index is 0.146. The maximum Gasteiger partial charge on any atom is 0.336 e. The molecule has 35 heavy (non-hydrogen) atoms. The lowest BCUT2D eigenvalue weighted by molar-refractivity contribution is 0.0698. The molecule has 0 bridgehead atoms. The van der Waals surface area contributed by atoms with Gasteiger partial charge in [0.15, 0.2) is 5.76 Å². The Kier molecular flexibility index (Phi) is 6.22. The maximum absolute atomic E-state index is 12.4. The van der Waals surface area contributed by atoms with Crippen molar-refractivity contribution in [3.63, 3.8) is 0 Å². The molecule has 5 aromatic rings. The first-order valence-corrected chi connectivity index (χ1v) is 12.7. The molecule has 0 saturated carbocycles. The van der Waals surface area contributed by atoms with Crippen molar-refractivity contribution in [2.24, 2.45) is 0 Å². The molecule has 6 heteroatoms. The summed E-state index contributed by atoms with van der Waals surface area (Å²) < 4.78 is 12.3. The molecule has 0 atom stereocenters. The Balaban J connectivity index is 1.66. The van der Waals surface area contributed by atoms with Gasteiger partial charge in [-0.05, 0) is 61.1 Å². The lowest BCUT2D eigenvalue weighted by atomic mass is 10.00. The topological polar surface area (TPSA) is 72.6 Å². The molecule has 3 aromatic carbocycles. The van der Waals surface area contributed by atoms with E-state index >= 15 is 0 Å². The van der Waals surface area contributed by atoms with Crippen LogP contribution < -0.4 is 4.74 Å². The lowest BCUT2D eigenvalue weighted by Crippen LogP contribution is -2.05. The van der Waals surface area contributed by atoms with Crippen molar-refractivity contribution in [1.82, 2.24) is 4.98 Å². The fourth-order valence-electron chi connectivity index (χ4n) is 4.40. The monoisotopic (exact) mass is 483 g/mol. The van der Waals surface area contributed by atoms with E-state index in [2.05, 4.69) is 6.07 Å². The van der Waals surface area contributed by atoms with Gasteiger partial charge in [-0.2, -0.15) is 0 Å². The molecule has 0 radical (unpaired) electrons. The Morgan fingerprint density at radius 1 is 1.09 bits per heavy atom. The predicted octanol–water partition coefficient (Wildman–Crippen LogP) is 7.52. The van der Waals surface area contributed by atoms with Gasteiger partial charge in [0.05, 0.1) is 16.5 Å². The highest BCUT2D eigenvalue weighted by molar-refractivity contribution is 7.98. The zero-order chi connectivity index (χ0) is 24.5. The van der Waals surface area contributed by atoms with Crippen molar-refractivity contribution in [2.75, 3.05) is 6.26 Å². The number of benzene rings is 3. The van der Waals surface area contributed by atoms with E-state index in [4.69, 9.17) is 14.1 Å². The third-order valence-corrected chi connectivity index (χ3v) is 6.95. The van der Waals surface area contributed by atoms with E-state index in [-0.39, 0.29) is 5.56 Å². The summed E-state index contributed by atoms with van der Waals surface area (Å²) in [6, 6.07) is 21.3. The number of pyridine rings is 1. The van der Waals surface area contributed by atoms with Crippen molar-refractivity contribution in [1.29, 1.82) is 0 Å². The van der Waals surface area contributed by atoms with E-state index in [1.165, 1.54) is 0 Å². The highest BCUT2D eigenvalue weighted by Crippen LogP contribution is 2.37. The van der Waals surface area contributed by atoms with Crippen molar-refractivity contribution < 1.29 is 19.1 Å². The first kappa shape index (κ1) is 23.0. The first-order valence-electron chi connectivity index (χ1n) is 11.4. The number of hydrogen-bond donors (Lipinski definition) is 1. The Bertz CT molecular complexity index is 1570. The first-order chi connectivity index (χ1) is 17.0. The summed E-state index contributed by atoms with van der Waals surface area (Å²) in [6.45, 7) is 4.33. The van der Waals surface area contributed by atoms with E-state index in [1.807, 2.05) is 74.7 Å². The Morgan fingerprint density at radius 2 is 1.91 bits per heavy atom. The van der Waals surface area contributed by atoms with E-state index in [9.17, 15) is 9.90 Å². The number of nitrogens with zero attached hydrogens (tertiary/aromatic N) is 1. The van der Waals surface area contributed by atoms with Crippen LogP contribution in [0.3, 0.4) is 0 Å². The van der Waals surface area contributed by atoms with E-state index in [0.29, 0.717) is 41.1 Å². The number of carbonyl (C=O) groups is 1. The van der Waals surface area contributed by atoms with Gasteiger partial charge in [-0.1, -0.05) is 43.3 Å². The number of furan rings is 1. The predicted molar refractivity (Wildman–Crippen MR) is 141 cm³/mol. The summed E-state index contributed by atoms with van der Waals surface area (Å²) in [5.74, 6) is 0.0530. The summed E-state index contributed by atoms with van der Waals surface area (Å²) in [7, 11) is 0. The zero-order valence-corrected chi connectivity index (χ0v) is 20.6. The molecule has 5 nitrogen and oxygen atoms in total. The number of carboxylic acid groups (broad SMARTS) is 1. The molecule has 5 rings (SSSR count). The van der Waals surface area contributed by atoms with Crippen LogP contribution in [0.15, 0.2) is 76.0 Å². The SMILES string of the molecule is CCc1ccc(OCc2cccc(SC)c2)c2c(C(=O)O)cc(-c3oc4ccccc4c3C)nc12. The smallest absolute Gasteiger partial charge is 0.336 e. The molecule has 0 aliphatic rings. The van der Waals surface area contributed by atoms with Crippen molar-refractivity contribution in [3.8, 4) is 17.2 Å². The van der Waals surface area contributed by atoms with Crippen LogP contribution in [-0.2, 0) is 13.0 Å². The Labute approximate surface area is 207 Å². The number of carboxylic acids is 1. The molecule has 176 valence electrons. The molecule has 0 unspecified atom stereocenters. The summed E-state index contributed by atoms with van der Waals surface area (Å²) in [4.78, 5) is 18.5. The van der Waals surface area contributed by atoms with Gasteiger partial charge >= 0.3 is 5.97 Å². The van der Waals surface area contributed by atoms with Gasteiger partial charge in [-0.25, -0.2) is 9.78 Å². The van der Waals surface area contributed by atoms with E-state index in [1.54, 1.807) is 17.8 Å². The molecule has 0 fully saturated rings. The molecule has 2 heterocycles. The number of aromatic carboxylic acids is 1. The second-order valence-corrected chi connectivity index (χ2v) is 9.23.